The summed E-state index contributed by atoms with van der Waals surface area (Å²) < 4.78 is 0. The SMILES string of the molecule is O=C(CCc1ccccc1)N[C@H](CCc1ccccc1)C(=O)O. The highest BCUT2D eigenvalue weighted by Crippen LogP contribution is 2.07. The molecule has 23 heavy (non-hydrogen) atoms. The van der Waals surface area contributed by atoms with Crippen molar-refractivity contribution in [3.8, 4) is 0 Å². The van der Waals surface area contributed by atoms with Crippen molar-refractivity contribution in [2.45, 2.75) is 31.7 Å². The molecule has 2 N–H and O–H groups in total. The third kappa shape index (κ3) is 5.94. The fraction of sp³-hybridized carbons (Fsp3) is 0.263. The van der Waals surface area contributed by atoms with E-state index in [1.54, 1.807) is 0 Å². The van der Waals surface area contributed by atoms with Gasteiger partial charge in [0.15, 0.2) is 0 Å². The predicted octanol–water partition coefficient (Wildman–Crippen LogP) is 2.82. The number of aliphatic carboxylic acids is 1. The third-order valence-electron chi connectivity index (χ3n) is 3.68. The molecule has 0 fully saturated rings. The number of carbonyl (C=O) groups excluding carboxylic acids is 1. The molecule has 0 aliphatic rings. The molecule has 120 valence electrons. The average molecular weight is 311 g/mol. The maximum atomic E-state index is 12.0. The smallest absolute Gasteiger partial charge is 0.326 e. The van der Waals surface area contributed by atoms with Gasteiger partial charge in [-0.3, -0.25) is 4.79 Å². The van der Waals surface area contributed by atoms with Crippen LogP contribution in [0, 0.1) is 0 Å². The van der Waals surface area contributed by atoms with Crippen molar-refractivity contribution in [2.75, 3.05) is 0 Å². The van der Waals surface area contributed by atoms with Gasteiger partial charge in [-0.2, -0.15) is 0 Å². The number of carbonyl (C=O) groups is 2. The molecule has 0 aliphatic heterocycles. The van der Waals surface area contributed by atoms with Crippen LogP contribution in [0.15, 0.2) is 60.7 Å². The number of aryl methyl sites for hydroxylation is 2. The Bertz CT molecular complexity index is 626. The Balaban J connectivity index is 1.81. The van der Waals surface area contributed by atoms with Gasteiger partial charge in [0.1, 0.15) is 6.04 Å². The van der Waals surface area contributed by atoms with Crippen molar-refractivity contribution < 1.29 is 14.7 Å². The van der Waals surface area contributed by atoms with E-state index < -0.39 is 12.0 Å². The molecule has 2 aromatic rings. The minimum Gasteiger partial charge on any atom is -0.480 e. The first kappa shape index (κ1) is 16.7. The minimum absolute atomic E-state index is 0.227. The van der Waals surface area contributed by atoms with E-state index in [-0.39, 0.29) is 5.91 Å². The van der Waals surface area contributed by atoms with Crippen LogP contribution >= 0.6 is 0 Å². The molecule has 1 amide bonds. The monoisotopic (exact) mass is 311 g/mol. The summed E-state index contributed by atoms with van der Waals surface area (Å²) in [7, 11) is 0. The topological polar surface area (TPSA) is 66.4 Å². The molecule has 0 bridgehead atoms. The molecule has 4 heteroatoms. The first-order valence-corrected chi connectivity index (χ1v) is 7.75. The highest BCUT2D eigenvalue weighted by Gasteiger charge is 2.19. The number of hydrogen-bond acceptors (Lipinski definition) is 2. The van der Waals surface area contributed by atoms with Crippen LogP contribution in [-0.4, -0.2) is 23.0 Å². The number of hydrogen-bond donors (Lipinski definition) is 2. The predicted molar refractivity (Wildman–Crippen MR) is 89.1 cm³/mol. The normalized spacial score (nSPS) is 11.7. The van der Waals surface area contributed by atoms with Gasteiger partial charge >= 0.3 is 5.97 Å². The van der Waals surface area contributed by atoms with E-state index in [1.807, 2.05) is 60.7 Å². The number of carboxylic acid groups (broad SMARTS) is 1. The van der Waals surface area contributed by atoms with Crippen LogP contribution in [-0.2, 0) is 22.4 Å². The minimum atomic E-state index is -0.992. The van der Waals surface area contributed by atoms with Gasteiger partial charge < -0.3 is 10.4 Å². The van der Waals surface area contributed by atoms with Crippen LogP contribution in [0.5, 0.6) is 0 Å². The summed E-state index contributed by atoms with van der Waals surface area (Å²) in [4.78, 5) is 23.3. The van der Waals surface area contributed by atoms with Crippen LogP contribution in [0.3, 0.4) is 0 Å². The van der Waals surface area contributed by atoms with Gasteiger partial charge in [0, 0.05) is 6.42 Å². The number of rotatable bonds is 8. The lowest BCUT2D eigenvalue weighted by Gasteiger charge is -2.14. The summed E-state index contributed by atoms with van der Waals surface area (Å²) in [6.45, 7) is 0. The molecule has 1 atom stereocenters. The fourth-order valence-electron chi connectivity index (χ4n) is 2.38. The molecule has 0 saturated heterocycles. The van der Waals surface area contributed by atoms with Gasteiger partial charge in [0.05, 0.1) is 0 Å². The van der Waals surface area contributed by atoms with E-state index >= 15 is 0 Å². The lowest BCUT2D eigenvalue weighted by molar-refractivity contribution is -0.142. The van der Waals surface area contributed by atoms with Crippen LogP contribution in [0.1, 0.15) is 24.0 Å². The molecule has 0 spiro atoms. The molecule has 0 radical (unpaired) electrons. The highest BCUT2D eigenvalue weighted by atomic mass is 16.4. The van der Waals surface area contributed by atoms with Gasteiger partial charge in [-0.25, -0.2) is 4.79 Å². The summed E-state index contributed by atoms with van der Waals surface area (Å²) in [6.07, 6.45) is 1.91. The average Bonchev–Trinajstić information content (AvgIpc) is 2.58. The Labute approximate surface area is 136 Å². The van der Waals surface area contributed by atoms with Crippen molar-refractivity contribution in [3.05, 3.63) is 71.8 Å². The second-order valence-corrected chi connectivity index (χ2v) is 5.47. The molecular formula is C19H21NO3. The van der Waals surface area contributed by atoms with Crippen LogP contribution in [0.25, 0.3) is 0 Å². The van der Waals surface area contributed by atoms with Crippen LogP contribution in [0.2, 0.25) is 0 Å². The van der Waals surface area contributed by atoms with E-state index in [0.29, 0.717) is 25.7 Å². The van der Waals surface area contributed by atoms with Crippen LogP contribution < -0.4 is 5.32 Å². The largest absolute Gasteiger partial charge is 0.480 e. The maximum Gasteiger partial charge on any atom is 0.326 e. The van der Waals surface area contributed by atoms with E-state index in [1.165, 1.54) is 0 Å². The summed E-state index contributed by atoms with van der Waals surface area (Å²) in [5.41, 5.74) is 2.14. The molecular weight excluding hydrogens is 290 g/mol. The van der Waals surface area contributed by atoms with Gasteiger partial charge in [0.2, 0.25) is 5.91 Å². The fourth-order valence-corrected chi connectivity index (χ4v) is 2.38. The number of amides is 1. The summed E-state index contributed by atoms with van der Waals surface area (Å²) in [5, 5.41) is 11.9. The Morgan fingerprint density at radius 3 is 1.91 bits per heavy atom. The van der Waals surface area contributed by atoms with Crippen molar-refractivity contribution in [3.63, 3.8) is 0 Å². The Kier molecular flexibility index (Phi) is 6.36. The van der Waals surface area contributed by atoms with E-state index in [2.05, 4.69) is 5.32 Å². The second kappa shape index (κ2) is 8.73. The lowest BCUT2D eigenvalue weighted by Crippen LogP contribution is -2.41. The maximum absolute atomic E-state index is 12.0. The Hall–Kier alpha value is -2.62. The zero-order valence-corrected chi connectivity index (χ0v) is 12.9. The van der Waals surface area contributed by atoms with Gasteiger partial charge in [-0.15, -0.1) is 0 Å². The molecule has 0 aromatic heterocycles. The lowest BCUT2D eigenvalue weighted by atomic mass is 10.0. The Morgan fingerprint density at radius 1 is 0.870 bits per heavy atom. The van der Waals surface area contributed by atoms with E-state index in [9.17, 15) is 14.7 Å². The highest BCUT2D eigenvalue weighted by molar-refractivity contribution is 5.83. The quantitative estimate of drug-likeness (QED) is 0.788. The molecule has 0 saturated carbocycles. The third-order valence-corrected chi connectivity index (χ3v) is 3.68. The molecule has 0 unspecified atom stereocenters. The number of benzene rings is 2. The van der Waals surface area contributed by atoms with Crippen molar-refractivity contribution >= 4 is 11.9 Å². The van der Waals surface area contributed by atoms with Crippen molar-refractivity contribution in [2.24, 2.45) is 0 Å². The number of carboxylic acids is 1. The Morgan fingerprint density at radius 2 is 1.39 bits per heavy atom. The first-order valence-electron chi connectivity index (χ1n) is 7.75. The molecule has 0 aliphatic carbocycles. The molecule has 2 aromatic carbocycles. The zero-order chi connectivity index (χ0) is 16.5. The first-order chi connectivity index (χ1) is 11.1. The number of nitrogens with one attached hydrogen (secondary N) is 1. The standard InChI is InChI=1S/C19H21NO3/c21-18(14-12-16-9-5-2-6-10-16)20-17(19(22)23)13-11-15-7-3-1-4-8-15/h1-10,17H,11-14H2,(H,20,21)(H,22,23)/t17-/m1/s1. The summed E-state index contributed by atoms with van der Waals surface area (Å²) in [6, 6.07) is 18.5. The van der Waals surface area contributed by atoms with E-state index in [0.717, 1.165) is 11.1 Å². The molecule has 0 heterocycles. The van der Waals surface area contributed by atoms with Crippen molar-refractivity contribution in [1.29, 1.82) is 0 Å². The van der Waals surface area contributed by atoms with Gasteiger partial charge in [0.25, 0.3) is 0 Å². The van der Waals surface area contributed by atoms with Gasteiger partial charge in [-0.1, -0.05) is 60.7 Å². The molecule has 4 nitrogen and oxygen atoms in total. The zero-order valence-electron chi connectivity index (χ0n) is 12.9. The molecule has 2 rings (SSSR count). The van der Waals surface area contributed by atoms with Crippen LogP contribution in [0.4, 0.5) is 0 Å². The summed E-state index contributed by atoms with van der Waals surface area (Å²) >= 11 is 0. The van der Waals surface area contributed by atoms with Gasteiger partial charge in [-0.05, 0) is 30.4 Å². The van der Waals surface area contributed by atoms with E-state index in [4.69, 9.17) is 0 Å². The van der Waals surface area contributed by atoms with Crippen molar-refractivity contribution in [1.82, 2.24) is 5.32 Å². The summed E-state index contributed by atoms with van der Waals surface area (Å²) in [5.74, 6) is -1.22. The second-order valence-electron chi connectivity index (χ2n) is 5.47.